The summed E-state index contributed by atoms with van der Waals surface area (Å²) in [5.41, 5.74) is 0. The minimum atomic E-state index is 0. The molecule has 7 heteroatoms. The first-order chi connectivity index (χ1) is 4.91. The molecule has 0 unspecified atom stereocenters. The van der Waals surface area contributed by atoms with E-state index in [9.17, 15) is 0 Å². The minimum Gasteiger partial charge on any atom is -0.394 e. The largest absolute Gasteiger partial charge is 0.394 e. The maximum absolute atomic E-state index is 8.26. The molecule has 0 aromatic rings. The SMILES string of the molecule is OCCOCCOCCO.[Li].[Li].[Li]. The van der Waals surface area contributed by atoms with E-state index in [-0.39, 0.29) is 69.8 Å². The zero-order valence-electron chi connectivity index (χ0n) is 8.95. The third-order valence-corrected chi connectivity index (χ3v) is 0.843. The quantitative estimate of drug-likeness (QED) is 0.339. The van der Waals surface area contributed by atoms with Crippen molar-refractivity contribution in [2.75, 3.05) is 39.6 Å². The van der Waals surface area contributed by atoms with E-state index in [4.69, 9.17) is 19.7 Å². The second-order valence-corrected chi connectivity index (χ2v) is 1.67. The van der Waals surface area contributed by atoms with Crippen molar-refractivity contribution in [3.05, 3.63) is 0 Å². The molecule has 2 N–H and O–H groups in total. The Balaban J connectivity index is -0.000000135. The third kappa shape index (κ3) is 24.8. The topological polar surface area (TPSA) is 58.9 Å². The fourth-order valence-corrected chi connectivity index (χ4v) is 0.451. The van der Waals surface area contributed by atoms with Gasteiger partial charge in [-0.1, -0.05) is 0 Å². The average Bonchev–Trinajstić information content (AvgIpc) is 1.97. The Morgan fingerprint density at radius 2 is 0.923 bits per heavy atom. The first kappa shape index (κ1) is 24.1. The number of rotatable bonds is 7. The number of aliphatic hydroxyl groups is 2. The van der Waals surface area contributed by atoms with Crippen LogP contribution in [-0.2, 0) is 9.47 Å². The molecule has 0 saturated carbocycles. The Hall–Kier alpha value is 1.63. The molecule has 0 atom stereocenters. The van der Waals surface area contributed by atoms with Crippen LogP contribution < -0.4 is 0 Å². The van der Waals surface area contributed by atoms with Gasteiger partial charge in [-0.25, -0.2) is 0 Å². The van der Waals surface area contributed by atoms with Gasteiger partial charge >= 0.3 is 0 Å². The molecule has 0 aliphatic heterocycles. The van der Waals surface area contributed by atoms with Crippen LogP contribution in [0.1, 0.15) is 0 Å². The molecule has 0 aromatic heterocycles. The van der Waals surface area contributed by atoms with E-state index in [0.717, 1.165) is 0 Å². The first-order valence-corrected chi connectivity index (χ1v) is 3.29. The van der Waals surface area contributed by atoms with Crippen molar-refractivity contribution in [3.63, 3.8) is 0 Å². The molecule has 0 aromatic carbocycles. The summed E-state index contributed by atoms with van der Waals surface area (Å²) in [6.07, 6.45) is 0. The van der Waals surface area contributed by atoms with Crippen molar-refractivity contribution >= 4 is 56.6 Å². The molecular formula is C6H14Li3O4. The van der Waals surface area contributed by atoms with Gasteiger partial charge < -0.3 is 19.7 Å². The summed E-state index contributed by atoms with van der Waals surface area (Å²) in [6.45, 7) is 1.73. The van der Waals surface area contributed by atoms with Crippen molar-refractivity contribution in [1.82, 2.24) is 0 Å². The van der Waals surface area contributed by atoms with Crippen LogP contribution >= 0.6 is 0 Å². The Labute approximate surface area is 115 Å². The van der Waals surface area contributed by atoms with E-state index in [0.29, 0.717) is 26.4 Å². The Bertz CT molecular complexity index is 59.8. The predicted octanol–water partition coefficient (Wildman–Crippen LogP) is -2.14. The number of hydrogen-bond acceptors (Lipinski definition) is 4. The summed E-state index contributed by atoms with van der Waals surface area (Å²) >= 11 is 0. The molecule has 0 amide bonds. The van der Waals surface area contributed by atoms with E-state index in [1.165, 1.54) is 0 Å². The standard InChI is InChI=1S/C6H14O4.3Li/c7-1-3-9-5-6-10-4-2-8;;;/h7-8H,1-6H2;;;. The van der Waals surface area contributed by atoms with Crippen LogP contribution in [0.25, 0.3) is 0 Å². The maximum atomic E-state index is 8.26. The molecule has 3 radical (unpaired) electrons. The zero-order chi connectivity index (χ0) is 7.66. The molecule has 0 spiro atoms. The summed E-state index contributed by atoms with van der Waals surface area (Å²) < 4.78 is 9.75. The van der Waals surface area contributed by atoms with Crippen molar-refractivity contribution < 1.29 is 19.7 Å². The van der Waals surface area contributed by atoms with Crippen molar-refractivity contribution in [3.8, 4) is 0 Å². The summed E-state index contributed by atoms with van der Waals surface area (Å²) in [5.74, 6) is 0. The summed E-state index contributed by atoms with van der Waals surface area (Å²) in [6, 6.07) is 0. The van der Waals surface area contributed by atoms with Gasteiger partial charge in [0.2, 0.25) is 0 Å². The van der Waals surface area contributed by atoms with Crippen LogP contribution in [0.15, 0.2) is 0 Å². The van der Waals surface area contributed by atoms with Crippen molar-refractivity contribution in [2.45, 2.75) is 0 Å². The normalized spacial score (nSPS) is 7.85. The molecule has 0 heterocycles. The zero-order valence-corrected chi connectivity index (χ0v) is 8.95. The van der Waals surface area contributed by atoms with Crippen molar-refractivity contribution in [1.29, 1.82) is 0 Å². The summed E-state index contributed by atoms with van der Waals surface area (Å²) in [7, 11) is 0. The van der Waals surface area contributed by atoms with Crippen LogP contribution in [-0.4, -0.2) is 106 Å². The number of hydrogen-bond donors (Lipinski definition) is 2. The van der Waals surface area contributed by atoms with Gasteiger partial charge in [0, 0.05) is 56.6 Å². The van der Waals surface area contributed by atoms with Gasteiger partial charge in [0.15, 0.2) is 0 Å². The molecule has 0 aliphatic carbocycles. The summed E-state index contributed by atoms with van der Waals surface area (Å²) in [5, 5.41) is 16.5. The molecule has 0 aliphatic rings. The van der Waals surface area contributed by atoms with Gasteiger partial charge in [0.1, 0.15) is 0 Å². The van der Waals surface area contributed by atoms with Crippen molar-refractivity contribution in [2.24, 2.45) is 0 Å². The van der Waals surface area contributed by atoms with Gasteiger partial charge in [-0.3, -0.25) is 0 Å². The second kappa shape index (κ2) is 23.4. The maximum Gasteiger partial charge on any atom is 0.0701 e. The molecule has 65 valence electrons. The van der Waals surface area contributed by atoms with Crippen LogP contribution in [0.3, 0.4) is 0 Å². The van der Waals surface area contributed by atoms with E-state index in [1.807, 2.05) is 0 Å². The van der Waals surface area contributed by atoms with E-state index in [2.05, 4.69) is 0 Å². The predicted molar refractivity (Wildman–Crippen MR) is 53.1 cm³/mol. The molecule has 13 heavy (non-hydrogen) atoms. The van der Waals surface area contributed by atoms with E-state index >= 15 is 0 Å². The number of aliphatic hydroxyl groups excluding tert-OH is 2. The van der Waals surface area contributed by atoms with Gasteiger partial charge in [-0.15, -0.1) is 0 Å². The van der Waals surface area contributed by atoms with Gasteiger partial charge in [-0.05, 0) is 0 Å². The molecule has 0 bridgehead atoms. The van der Waals surface area contributed by atoms with Crippen LogP contribution in [0.2, 0.25) is 0 Å². The Morgan fingerprint density at radius 1 is 0.615 bits per heavy atom. The summed E-state index contributed by atoms with van der Waals surface area (Å²) in [4.78, 5) is 0. The van der Waals surface area contributed by atoms with Crippen LogP contribution in [0.5, 0.6) is 0 Å². The molecule has 4 nitrogen and oxygen atoms in total. The molecular weight excluding hydrogens is 157 g/mol. The average molecular weight is 171 g/mol. The first-order valence-electron chi connectivity index (χ1n) is 3.29. The third-order valence-electron chi connectivity index (χ3n) is 0.843. The smallest absolute Gasteiger partial charge is 0.0701 e. The van der Waals surface area contributed by atoms with E-state index in [1.54, 1.807) is 0 Å². The van der Waals surface area contributed by atoms with E-state index < -0.39 is 0 Å². The fourth-order valence-electron chi connectivity index (χ4n) is 0.451. The Morgan fingerprint density at radius 3 is 1.15 bits per heavy atom. The fraction of sp³-hybridized carbons (Fsp3) is 1.00. The molecule has 0 saturated heterocycles. The Kier molecular flexibility index (Phi) is 43.4. The van der Waals surface area contributed by atoms with Crippen LogP contribution in [0, 0.1) is 0 Å². The molecule has 0 rings (SSSR count). The van der Waals surface area contributed by atoms with Crippen LogP contribution in [0.4, 0.5) is 0 Å². The number of ether oxygens (including phenoxy) is 2. The van der Waals surface area contributed by atoms with Gasteiger partial charge in [0.25, 0.3) is 0 Å². The van der Waals surface area contributed by atoms with Gasteiger partial charge in [-0.2, -0.15) is 0 Å². The molecule has 0 fully saturated rings. The monoisotopic (exact) mass is 171 g/mol. The second-order valence-electron chi connectivity index (χ2n) is 1.67. The minimum absolute atomic E-state index is 0. The van der Waals surface area contributed by atoms with Gasteiger partial charge in [0.05, 0.1) is 39.6 Å².